The van der Waals surface area contributed by atoms with Crippen LogP contribution in [0.25, 0.3) is 5.65 Å². The van der Waals surface area contributed by atoms with Crippen molar-refractivity contribution in [2.24, 2.45) is 0 Å². The summed E-state index contributed by atoms with van der Waals surface area (Å²) in [5.74, 6) is -1.57. The molecule has 4 aromatic rings. The van der Waals surface area contributed by atoms with Gasteiger partial charge in [0.15, 0.2) is 11.5 Å². The molecule has 0 aliphatic carbocycles. The Bertz CT molecular complexity index is 1210. The molecule has 3 aromatic heterocycles. The Morgan fingerprint density at radius 2 is 1.55 bits per heavy atom. The summed E-state index contributed by atoms with van der Waals surface area (Å²) in [6.07, 6.45) is -6.48. The number of halogens is 7. The molecule has 0 aliphatic rings. The quantitative estimate of drug-likeness (QED) is 0.379. The molecular formula is C19H10F7N5. The highest BCUT2D eigenvalue weighted by molar-refractivity contribution is 5.76. The van der Waals surface area contributed by atoms with Crippen LogP contribution in [0, 0.1) is 5.82 Å². The number of benzene rings is 1. The molecule has 1 aromatic carbocycles. The Labute approximate surface area is 169 Å². The first-order chi connectivity index (χ1) is 14.6. The van der Waals surface area contributed by atoms with Crippen LogP contribution in [0.15, 0.2) is 61.2 Å². The van der Waals surface area contributed by atoms with Crippen LogP contribution in [-0.2, 0) is 12.4 Å². The van der Waals surface area contributed by atoms with E-state index >= 15 is 0 Å². The minimum atomic E-state index is -4.95. The monoisotopic (exact) mass is 441 g/mol. The van der Waals surface area contributed by atoms with Crippen LogP contribution < -0.4 is 4.90 Å². The maximum atomic E-state index is 13.9. The molecule has 12 heteroatoms. The van der Waals surface area contributed by atoms with Crippen molar-refractivity contribution in [1.29, 1.82) is 0 Å². The van der Waals surface area contributed by atoms with Gasteiger partial charge in [0, 0.05) is 18.1 Å². The lowest BCUT2D eigenvalue weighted by atomic mass is 10.2. The number of nitrogens with zero attached hydrogens (tertiary/aromatic N) is 5. The maximum Gasteiger partial charge on any atom is 0.437 e. The first kappa shape index (κ1) is 20.6. The van der Waals surface area contributed by atoms with Crippen molar-refractivity contribution in [3.8, 4) is 0 Å². The summed E-state index contributed by atoms with van der Waals surface area (Å²) in [5.41, 5.74) is -2.64. The largest absolute Gasteiger partial charge is 0.437 e. The van der Waals surface area contributed by atoms with Gasteiger partial charge in [-0.25, -0.2) is 19.3 Å². The van der Waals surface area contributed by atoms with E-state index in [0.29, 0.717) is 0 Å². The van der Waals surface area contributed by atoms with Crippen molar-refractivity contribution in [3.05, 3.63) is 78.3 Å². The summed E-state index contributed by atoms with van der Waals surface area (Å²) < 4.78 is 95.1. The van der Waals surface area contributed by atoms with Crippen LogP contribution in [-0.4, -0.2) is 19.4 Å². The highest BCUT2D eigenvalue weighted by Crippen LogP contribution is 2.43. The van der Waals surface area contributed by atoms with Gasteiger partial charge in [-0.15, -0.1) is 0 Å². The number of aromatic nitrogens is 4. The third-order valence-electron chi connectivity index (χ3n) is 4.29. The molecule has 31 heavy (non-hydrogen) atoms. The Kier molecular flexibility index (Phi) is 4.79. The van der Waals surface area contributed by atoms with Gasteiger partial charge in [-0.05, 0) is 42.5 Å². The van der Waals surface area contributed by atoms with Crippen LogP contribution >= 0.6 is 0 Å². The lowest BCUT2D eigenvalue weighted by Gasteiger charge is -2.25. The molecule has 3 heterocycles. The van der Waals surface area contributed by atoms with E-state index in [4.69, 9.17) is 0 Å². The standard InChI is InChI=1S/C19H10F7N5/c20-12-3-6-15-29-16(19(24,25)26)17(30(15)9-12)31(14-7-8-27-10-28-14)13-4-1-11(2-5-13)18(21,22)23/h1-10H. The van der Waals surface area contributed by atoms with Gasteiger partial charge in [-0.1, -0.05) is 0 Å². The number of hydrogen-bond donors (Lipinski definition) is 0. The van der Waals surface area contributed by atoms with Gasteiger partial charge in [0.25, 0.3) is 0 Å². The molecule has 0 saturated heterocycles. The van der Waals surface area contributed by atoms with E-state index < -0.39 is 35.2 Å². The fourth-order valence-electron chi connectivity index (χ4n) is 2.99. The molecule has 0 radical (unpaired) electrons. The van der Waals surface area contributed by atoms with Crippen LogP contribution in [0.5, 0.6) is 0 Å². The summed E-state index contributed by atoms with van der Waals surface area (Å²) in [6, 6.07) is 6.68. The number of anilines is 3. The van der Waals surface area contributed by atoms with Crippen molar-refractivity contribution in [2.45, 2.75) is 12.4 Å². The molecule has 0 bridgehead atoms. The molecule has 0 atom stereocenters. The lowest BCUT2D eigenvalue weighted by Crippen LogP contribution is -2.19. The highest BCUT2D eigenvalue weighted by atomic mass is 19.4. The SMILES string of the molecule is Fc1ccc2nc(C(F)(F)F)c(N(c3ccc(C(F)(F)F)cc3)c3ccncn3)n2c1. The lowest BCUT2D eigenvalue weighted by molar-refractivity contribution is -0.140. The molecule has 5 nitrogen and oxygen atoms in total. The number of imidazole rings is 1. The van der Waals surface area contributed by atoms with Gasteiger partial charge < -0.3 is 0 Å². The number of fused-ring (bicyclic) bond motifs is 1. The van der Waals surface area contributed by atoms with Crippen LogP contribution in [0.3, 0.4) is 0 Å². The fourth-order valence-corrected chi connectivity index (χ4v) is 2.99. The molecule has 0 fully saturated rings. The third-order valence-corrected chi connectivity index (χ3v) is 4.29. The molecule has 0 unspecified atom stereocenters. The van der Waals surface area contributed by atoms with E-state index in [2.05, 4.69) is 15.0 Å². The second-order valence-electron chi connectivity index (χ2n) is 6.30. The predicted molar refractivity (Wildman–Crippen MR) is 95.4 cm³/mol. The highest BCUT2D eigenvalue weighted by Gasteiger charge is 2.41. The zero-order valence-corrected chi connectivity index (χ0v) is 15.2. The average Bonchev–Trinajstić information content (AvgIpc) is 3.08. The van der Waals surface area contributed by atoms with Crippen LogP contribution in [0.2, 0.25) is 0 Å². The smallest absolute Gasteiger partial charge is 0.282 e. The Morgan fingerprint density at radius 3 is 2.13 bits per heavy atom. The van der Waals surface area contributed by atoms with Crippen LogP contribution in [0.1, 0.15) is 11.3 Å². The molecule has 0 aliphatic heterocycles. The summed E-state index contributed by atoms with van der Waals surface area (Å²) in [6.45, 7) is 0. The van der Waals surface area contributed by atoms with Crippen molar-refractivity contribution in [3.63, 3.8) is 0 Å². The van der Waals surface area contributed by atoms with Gasteiger partial charge >= 0.3 is 12.4 Å². The van der Waals surface area contributed by atoms with Gasteiger partial charge in [0.1, 0.15) is 23.6 Å². The number of alkyl halides is 6. The Balaban J connectivity index is 2.02. The Hall–Kier alpha value is -3.70. The minimum Gasteiger partial charge on any atom is -0.282 e. The maximum absolute atomic E-state index is 13.9. The number of hydrogen-bond acceptors (Lipinski definition) is 4. The zero-order valence-electron chi connectivity index (χ0n) is 15.2. The zero-order chi connectivity index (χ0) is 22.4. The van der Waals surface area contributed by atoms with Gasteiger partial charge in [-0.2, -0.15) is 26.3 Å². The first-order valence-electron chi connectivity index (χ1n) is 8.54. The van der Waals surface area contributed by atoms with E-state index in [9.17, 15) is 30.7 Å². The average molecular weight is 441 g/mol. The van der Waals surface area contributed by atoms with Crippen molar-refractivity contribution >= 4 is 23.0 Å². The minimum absolute atomic E-state index is 0.0803. The summed E-state index contributed by atoms with van der Waals surface area (Å²) in [4.78, 5) is 12.1. The molecule has 0 saturated carbocycles. The van der Waals surface area contributed by atoms with Crippen molar-refractivity contribution in [1.82, 2.24) is 19.4 Å². The van der Waals surface area contributed by atoms with E-state index in [0.717, 1.165) is 58.2 Å². The van der Waals surface area contributed by atoms with E-state index in [-0.39, 0.29) is 17.2 Å². The number of pyridine rings is 1. The second kappa shape index (κ2) is 7.22. The van der Waals surface area contributed by atoms with Crippen molar-refractivity contribution in [2.75, 3.05) is 4.90 Å². The predicted octanol–water partition coefficient (Wildman–Crippen LogP) is 5.77. The van der Waals surface area contributed by atoms with Gasteiger partial charge in [0.05, 0.1) is 5.56 Å². The third kappa shape index (κ3) is 3.88. The summed E-state index contributed by atoms with van der Waals surface area (Å²) in [5, 5.41) is 0. The molecule has 160 valence electrons. The van der Waals surface area contributed by atoms with Gasteiger partial charge in [-0.3, -0.25) is 9.30 Å². The summed E-state index contributed by atoms with van der Waals surface area (Å²) >= 11 is 0. The van der Waals surface area contributed by atoms with Crippen molar-refractivity contribution < 1.29 is 30.7 Å². The Morgan fingerprint density at radius 1 is 0.839 bits per heavy atom. The number of rotatable bonds is 3. The van der Waals surface area contributed by atoms with E-state index in [1.165, 1.54) is 12.3 Å². The topological polar surface area (TPSA) is 46.3 Å². The van der Waals surface area contributed by atoms with Crippen LogP contribution in [0.4, 0.5) is 48.1 Å². The first-order valence-corrected chi connectivity index (χ1v) is 8.54. The van der Waals surface area contributed by atoms with E-state index in [1.807, 2.05) is 0 Å². The summed E-state index contributed by atoms with van der Waals surface area (Å²) in [7, 11) is 0. The van der Waals surface area contributed by atoms with E-state index in [1.54, 1.807) is 0 Å². The normalized spacial score (nSPS) is 12.4. The molecule has 0 amide bonds. The molecule has 0 spiro atoms. The van der Waals surface area contributed by atoms with Gasteiger partial charge in [0.2, 0.25) is 0 Å². The molecular weight excluding hydrogens is 431 g/mol. The molecule has 4 rings (SSSR count). The second-order valence-corrected chi connectivity index (χ2v) is 6.30. The fraction of sp³-hybridized carbons (Fsp3) is 0.105. The molecule has 0 N–H and O–H groups in total.